The maximum atomic E-state index is 6.44. The molecule has 38 heavy (non-hydrogen) atoms. The molecule has 7 aromatic rings. The summed E-state index contributed by atoms with van der Waals surface area (Å²) in [6.45, 7) is 0. The van der Waals surface area contributed by atoms with E-state index in [1.54, 1.807) is 0 Å². The van der Waals surface area contributed by atoms with E-state index in [0.717, 1.165) is 55.6 Å². The second kappa shape index (κ2) is 9.25. The van der Waals surface area contributed by atoms with Crippen LogP contribution < -0.4 is 0 Å². The summed E-state index contributed by atoms with van der Waals surface area (Å²) in [4.78, 5) is 13.5. The van der Waals surface area contributed by atoms with Crippen LogP contribution in [0.25, 0.3) is 61.1 Å². The zero-order valence-corrected chi connectivity index (χ0v) is 21.0. The molecule has 0 atom stereocenters. The van der Waals surface area contributed by atoms with Crippen LogP contribution in [0.3, 0.4) is 0 Å². The predicted molar refractivity (Wildman–Crippen MR) is 155 cm³/mol. The van der Waals surface area contributed by atoms with Gasteiger partial charge in [-0.2, -0.15) is 0 Å². The van der Waals surface area contributed by atoms with Crippen molar-refractivity contribution in [3.8, 4) is 39.3 Å². The highest BCUT2D eigenvalue weighted by atomic mass is 35.5. The van der Waals surface area contributed by atoms with Crippen LogP contribution in [0.15, 0.2) is 128 Å². The van der Waals surface area contributed by atoms with E-state index in [0.29, 0.717) is 0 Å². The molecule has 0 unspecified atom stereocenters. The van der Waals surface area contributed by atoms with Gasteiger partial charge >= 0.3 is 0 Å². The minimum Gasteiger partial charge on any atom is -0.309 e. The van der Waals surface area contributed by atoms with Crippen LogP contribution in [0.5, 0.6) is 0 Å². The molecule has 3 heterocycles. The number of nitrogens with zero attached hydrogens (tertiary/aromatic N) is 4. The quantitative estimate of drug-likeness (QED) is 0.223. The SMILES string of the molecule is Clc1nc(-c2ccc(-c3ccccc3)cc2)cc(-c2ccc3c(c2)c2cnccc2n3-c2ccccc2)n1. The molecule has 0 saturated heterocycles. The van der Waals surface area contributed by atoms with Crippen LogP contribution in [-0.2, 0) is 0 Å². The maximum Gasteiger partial charge on any atom is 0.223 e. The van der Waals surface area contributed by atoms with Crippen molar-refractivity contribution in [2.24, 2.45) is 0 Å². The van der Waals surface area contributed by atoms with Crippen LogP contribution in [0, 0.1) is 0 Å². The van der Waals surface area contributed by atoms with Crippen molar-refractivity contribution in [3.63, 3.8) is 0 Å². The fourth-order valence-electron chi connectivity index (χ4n) is 5.06. The lowest BCUT2D eigenvalue weighted by molar-refractivity contribution is 1.17. The van der Waals surface area contributed by atoms with E-state index >= 15 is 0 Å². The number of hydrogen-bond donors (Lipinski definition) is 0. The number of rotatable bonds is 4. The van der Waals surface area contributed by atoms with E-state index in [1.165, 1.54) is 5.56 Å². The summed E-state index contributed by atoms with van der Waals surface area (Å²) in [5.74, 6) is 0. The summed E-state index contributed by atoms with van der Waals surface area (Å²) in [7, 11) is 0. The highest BCUT2D eigenvalue weighted by Crippen LogP contribution is 2.35. The van der Waals surface area contributed by atoms with E-state index in [-0.39, 0.29) is 5.28 Å². The monoisotopic (exact) mass is 508 g/mol. The molecular weight excluding hydrogens is 488 g/mol. The van der Waals surface area contributed by atoms with E-state index in [9.17, 15) is 0 Å². The minimum absolute atomic E-state index is 0.220. The third-order valence-corrected chi connectivity index (χ3v) is 7.03. The number of para-hydroxylation sites is 1. The molecule has 0 fully saturated rings. The molecule has 4 aromatic carbocycles. The van der Waals surface area contributed by atoms with Gasteiger partial charge in [-0.3, -0.25) is 4.98 Å². The number of halogens is 1. The van der Waals surface area contributed by atoms with Crippen LogP contribution in [0.2, 0.25) is 5.28 Å². The smallest absolute Gasteiger partial charge is 0.223 e. The molecule has 0 spiro atoms. The van der Waals surface area contributed by atoms with Crippen molar-refractivity contribution in [1.29, 1.82) is 0 Å². The standard InChI is InChI=1S/C33H21ClN4/c34-33-36-29(24-13-11-23(12-14-24)22-7-3-1-4-8-22)20-30(37-33)25-15-16-31-27(19-25)28-21-35-18-17-32(28)38(31)26-9-5-2-6-10-26/h1-21H. The molecule has 0 N–H and O–H groups in total. The Morgan fingerprint density at radius 2 is 1.13 bits per heavy atom. The lowest BCUT2D eigenvalue weighted by Crippen LogP contribution is -1.94. The van der Waals surface area contributed by atoms with E-state index in [4.69, 9.17) is 11.6 Å². The molecule has 3 aromatic heterocycles. The summed E-state index contributed by atoms with van der Waals surface area (Å²) >= 11 is 6.44. The molecular formula is C33H21ClN4. The molecule has 5 heteroatoms. The second-order valence-electron chi connectivity index (χ2n) is 9.15. The summed E-state index contributed by atoms with van der Waals surface area (Å²) in [6.07, 6.45) is 3.76. The van der Waals surface area contributed by atoms with Crippen LogP contribution >= 0.6 is 11.6 Å². The zero-order valence-electron chi connectivity index (χ0n) is 20.3. The average molecular weight is 509 g/mol. The molecule has 0 aliphatic rings. The van der Waals surface area contributed by atoms with Gasteiger partial charge in [0.2, 0.25) is 5.28 Å². The average Bonchev–Trinajstić information content (AvgIpc) is 3.31. The largest absolute Gasteiger partial charge is 0.309 e. The summed E-state index contributed by atoms with van der Waals surface area (Å²) in [6, 6.07) is 39.5. The first kappa shape index (κ1) is 22.4. The van der Waals surface area contributed by atoms with Gasteiger partial charge in [-0.25, -0.2) is 9.97 Å². The van der Waals surface area contributed by atoms with Gasteiger partial charge in [0.15, 0.2) is 0 Å². The van der Waals surface area contributed by atoms with Crippen molar-refractivity contribution >= 4 is 33.4 Å². The van der Waals surface area contributed by atoms with Crippen LogP contribution in [0.1, 0.15) is 0 Å². The minimum atomic E-state index is 0.220. The first-order valence-electron chi connectivity index (χ1n) is 12.4. The zero-order chi connectivity index (χ0) is 25.5. The summed E-state index contributed by atoms with van der Waals surface area (Å²) < 4.78 is 2.27. The van der Waals surface area contributed by atoms with Crippen molar-refractivity contribution < 1.29 is 0 Å². The third-order valence-electron chi connectivity index (χ3n) is 6.86. The van der Waals surface area contributed by atoms with Crippen molar-refractivity contribution in [2.45, 2.75) is 0 Å². The Kier molecular flexibility index (Phi) is 5.46. The second-order valence-corrected chi connectivity index (χ2v) is 9.48. The first-order chi connectivity index (χ1) is 18.7. The first-order valence-corrected chi connectivity index (χ1v) is 12.8. The van der Waals surface area contributed by atoms with E-state index in [2.05, 4.69) is 104 Å². The predicted octanol–water partition coefficient (Wildman–Crippen LogP) is 8.62. The molecule has 0 aliphatic carbocycles. The summed E-state index contributed by atoms with van der Waals surface area (Å²) in [5, 5.41) is 2.42. The van der Waals surface area contributed by atoms with Gasteiger partial charge in [0.25, 0.3) is 0 Å². The summed E-state index contributed by atoms with van der Waals surface area (Å²) in [5.41, 5.74) is 9.19. The lowest BCUT2D eigenvalue weighted by Gasteiger charge is -2.09. The maximum absolute atomic E-state index is 6.44. The Morgan fingerprint density at radius 1 is 0.526 bits per heavy atom. The molecule has 0 radical (unpaired) electrons. The fourth-order valence-corrected chi connectivity index (χ4v) is 5.24. The molecule has 0 aliphatic heterocycles. The Labute approximate surface area is 224 Å². The normalized spacial score (nSPS) is 11.3. The van der Waals surface area contributed by atoms with Crippen molar-refractivity contribution in [3.05, 3.63) is 133 Å². The topological polar surface area (TPSA) is 43.6 Å². The highest BCUT2D eigenvalue weighted by molar-refractivity contribution is 6.28. The molecule has 7 rings (SSSR count). The van der Waals surface area contributed by atoms with Gasteiger partial charge in [0, 0.05) is 40.0 Å². The number of pyridine rings is 1. The molecule has 180 valence electrons. The molecule has 0 bridgehead atoms. The van der Waals surface area contributed by atoms with E-state index in [1.807, 2.05) is 42.7 Å². The molecule has 4 nitrogen and oxygen atoms in total. The number of aromatic nitrogens is 4. The molecule has 0 saturated carbocycles. The number of fused-ring (bicyclic) bond motifs is 3. The van der Waals surface area contributed by atoms with Crippen molar-refractivity contribution in [2.75, 3.05) is 0 Å². The number of benzene rings is 4. The Balaban J connectivity index is 1.33. The third kappa shape index (κ3) is 3.92. The number of hydrogen-bond acceptors (Lipinski definition) is 3. The lowest BCUT2D eigenvalue weighted by atomic mass is 10.0. The van der Waals surface area contributed by atoms with Crippen LogP contribution in [-0.4, -0.2) is 19.5 Å². The van der Waals surface area contributed by atoms with Gasteiger partial charge in [-0.1, -0.05) is 78.9 Å². The fraction of sp³-hybridized carbons (Fsp3) is 0. The Hall–Kier alpha value is -4.80. The van der Waals surface area contributed by atoms with Crippen LogP contribution in [0.4, 0.5) is 0 Å². The highest BCUT2D eigenvalue weighted by Gasteiger charge is 2.15. The van der Waals surface area contributed by atoms with E-state index < -0.39 is 0 Å². The Morgan fingerprint density at radius 3 is 1.89 bits per heavy atom. The van der Waals surface area contributed by atoms with Gasteiger partial charge < -0.3 is 4.57 Å². The van der Waals surface area contributed by atoms with Gasteiger partial charge in [-0.05, 0) is 59.1 Å². The Bertz CT molecular complexity index is 1910. The van der Waals surface area contributed by atoms with Gasteiger partial charge in [0.1, 0.15) is 0 Å². The molecule has 0 amide bonds. The van der Waals surface area contributed by atoms with Crippen molar-refractivity contribution in [1.82, 2.24) is 19.5 Å². The van der Waals surface area contributed by atoms with Gasteiger partial charge in [0.05, 0.1) is 22.4 Å². The van der Waals surface area contributed by atoms with Gasteiger partial charge in [-0.15, -0.1) is 0 Å².